The number of hydrogen-bond donors (Lipinski definition) is 0. The molecule has 1 heterocycles. The number of anilines is 1. The van der Waals surface area contributed by atoms with Crippen LogP contribution in [0.25, 0.3) is 0 Å². The molecule has 0 saturated heterocycles. The van der Waals surface area contributed by atoms with Crippen LogP contribution in [0.15, 0.2) is 48.5 Å². The van der Waals surface area contributed by atoms with Gasteiger partial charge in [-0.15, -0.1) is 0 Å². The van der Waals surface area contributed by atoms with Crippen molar-refractivity contribution < 1.29 is 9.53 Å². The zero-order chi connectivity index (χ0) is 16.4. The fraction of sp³-hybridized carbons (Fsp3) is 0.350. The molecule has 1 aliphatic heterocycles. The monoisotopic (exact) mass is 309 g/mol. The number of fused-ring (bicyclic) bond motifs is 1. The summed E-state index contributed by atoms with van der Waals surface area (Å²) in [5, 5.41) is 0. The van der Waals surface area contributed by atoms with Crippen LogP contribution in [0.2, 0.25) is 0 Å². The van der Waals surface area contributed by atoms with Crippen molar-refractivity contribution in [1.29, 1.82) is 0 Å². The number of para-hydroxylation sites is 2. The lowest BCUT2D eigenvalue weighted by molar-refractivity contribution is -0.120. The van der Waals surface area contributed by atoms with Crippen molar-refractivity contribution in [3.05, 3.63) is 59.7 Å². The third-order valence-electron chi connectivity index (χ3n) is 4.37. The van der Waals surface area contributed by atoms with Gasteiger partial charge in [-0.05, 0) is 42.5 Å². The van der Waals surface area contributed by atoms with E-state index in [2.05, 4.69) is 32.9 Å². The van der Waals surface area contributed by atoms with Crippen molar-refractivity contribution in [2.75, 3.05) is 11.5 Å². The van der Waals surface area contributed by atoms with Crippen LogP contribution in [-0.4, -0.2) is 18.6 Å². The summed E-state index contributed by atoms with van der Waals surface area (Å²) in [6.07, 6.45) is 0.907. The highest BCUT2D eigenvalue weighted by Gasteiger charge is 2.30. The van der Waals surface area contributed by atoms with E-state index in [1.165, 1.54) is 5.56 Å². The molecule has 0 N–H and O–H groups in total. The molecule has 0 saturated carbocycles. The maximum absolute atomic E-state index is 12.7. The highest BCUT2D eigenvalue weighted by Crippen LogP contribution is 2.32. The van der Waals surface area contributed by atoms with Crippen LogP contribution in [0.5, 0.6) is 5.75 Å². The molecule has 1 atom stereocenters. The van der Waals surface area contributed by atoms with Crippen molar-refractivity contribution in [1.82, 2.24) is 0 Å². The predicted octanol–water partition coefficient (Wildman–Crippen LogP) is 4.17. The molecule has 0 spiro atoms. The maximum atomic E-state index is 12.7. The molecule has 0 radical (unpaired) electrons. The lowest BCUT2D eigenvalue weighted by atomic mass is 10.0. The van der Waals surface area contributed by atoms with E-state index in [4.69, 9.17) is 4.74 Å². The zero-order valence-corrected chi connectivity index (χ0v) is 14.0. The lowest BCUT2D eigenvalue weighted by Gasteiger charge is -2.23. The summed E-state index contributed by atoms with van der Waals surface area (Å²) in [6, 6.07) is 16.2. The van der Waals surface area contributed by atoms with Crippen LogP contribution in [0, 0.1) is 0 Å². The van der Waals surface area contributed by atoms with E-state index >= 15 is 0 Å². The van der Waals surface area contributed by atoms with Crippen LogP contribution in [-0.2, 0) is 11.2 Å². The van der Waals surface area contributed by atoms with Gasteiger partial charge in [0.1, 0.15) is 5.75 Å². The molecule has 2 aromatic carbocycles. The third kappa shape index (κ3) is 3.09. The van der Waals surface area contributed by atoms with Gasteiger partial charge >= 0.3 is 0 Å². The Balaban J connectivity index is 1.74. The van der Waals surface area contributed by atoms with Gasteiger partial charge < -0.3 is 9.64 Å². The Morgan fingerprint density at radius 1 is 1.17 bits per heavy atom. The number of rotatable bonds is 4. The number of carbonyl (C=O) groups is 1. The summed E-state index contributed by atoms with van der Waals surface area (Å²) in [5.41, 5.74) is 3.39. The number of amides is 1. The van der Waals surface area contributed by atoms with E-state index in [1.807, 2.05) is 41.3 Å². The Labute approximate surface area is 137 Å². The molecule has 3 heteroatoms. The molecular weight excluding hydrogens is 286 g/mol. The van der Waals surface area contributed by atoms with E-state index in [9.17, 15) is 4.79 Å². The molecule has 3 rings (SSSR count). The van der Waals surface area contributed by atoms with Gasteiger partial charge in [0.15, 0.2) is 6.61 Å². The van der Waals surface area contributed by atoms with Crippen molar-refractivity contribution in [2.24, 2.45) is 0 Å². The maximum Gasteiger partial charge on any atom is 0.265 e. The fourth-order valence-electron chi connectivity index (χ4n) is 3.24. The molecule has 0 aliphatic carbocycles. The van der Waals surface area contributed by atoms with Crippen LogP contribution >= 0.6 is 0 Å². The second-order valence-corrected chi connectivity index (χ2v) is 6.43. The first-order valence-corrected chi connectivity index (χ1v) is 8.19. The summed E-state index contributed by atoms with van der Waals surface area (Å²) >= 11 is 0. The minimum absolute atomic E-state index is 0.0148. The van der Waals surface area contributed by atoms with Crippen molar-refractivity contribution in [3.8, 4) is 5.75 Å². The second-order valence-electron chi connectivity index (χ2n) is 6.43. The first kappa shape index (κ1) is 15.6. The Hall–Kier alpha value is -2.29. The summed E-state index contributed by atoms with van der Waals surface area (Å²) in [7, 11) is 0. The number of benzene rings is 2. The summed E-state index contributed by atoms with van der Waals surface area (Å²) in [5.74, 6) is 1.18. The normalized spacial score (nSPS) is 16.5. The molecule has 1 amide bonds. The van der Waals surface area contributed by atoms with Crippen molar-refractivity contribution in [2.45, 2.75) is 39.2 Å². The van der Waals surface area contributed by atoms with Crippen LogP contribution in [0.3, 0.4) is 0 Å². The van der Waals surface area contributed by atoms with Gasteiger partial charge in [0.2, 0.25) is 0 Å². The smallest absolute Gasteiger partial charge is 0.265 e. The lowest BCUT2D eigenvalue weighted by Crippen LogP contribution is -2.39. The molecule has 2 aromatic rings. The number of nitrogens with zero attached hydrogens (tertiary/aromatic N) is 1. The van der Waals surface area contributed by atoms with Crippen LogP contribution in [0.4, 0.5) is 5.69 Å². The standard InChI is InChI=1S/C20H23NO2/c1-14(2)17-9-5-7-11-19(17)23-13-20(22)21-15(3)12-16-8-4-6-10-18(16)21/h4-11,14-15H,12-13H2,1-3H3. The molecule has 3 nitrogen and oxygen atoms in total. The first-order chi connectivity index (χ1) is 11.1. The summed E-state index contributed by atoms with van der Waals surface area (Å²) in [4.78, 5) is 14.5. The van der Waals surface area contributed by atoms with E-state index < -0.39 is 0 Å². The highest BCUT2D eigenvalue weighted by molar-refractivity contribution is 5.97. The number of hydrogen-bond acceptors (Lipinski definition) is 2. The summed E-state index contributed by atoms with van der Waals surface area (Å²) in [6.45, 7) is 6.41. The summed E-state index contributed by atoms with van der Waals surface area (Å²) < 4.78 is 5.84. The van der Waals surface area contributed by atoms with Gasteiger partial charge in [-0.3, -0.25) is 4.79 Å². The predicted molar refractivity (Wildman–Crippen MR) is 93.1 cm³/mol. The largest absolute Gasteiger partial charge is 0.483 e. The van der Waals surface area contributed by atoms with Gasteiger partial charge in [0, 0.05) is 11.7 Å². The quantitative estimate of drug-likeness (QED) is 0.848. The SMILES string of the molecule is CC(C)c1ccccc1OCC(=O)N1c2ccccc2CC1C. The molecule has 23 heavy (non-hydrogen) atoms. The van der Waals surface area contributed by atoms with Gasteiger partial charge in [0.05, 0.1) is 0 Å². The molecule has 1 unspecified atom stereocenters. The second kappa shape index (κ2) is 6.45. The van der Waals surface area contributed by atoms with Gasteiger partial charge in [0.25, 0.3) is 5.91 Å². The zero-order valence-electron chi connectivity index (χ0n) is 14.0. The van der Waals surface area contributed by atoms with Crippen LogP contribution in [0.1, 0.15) is 37.8 Å². The Morgan fingerprint density at radius 2 is 1.87 bits per heavy atom. The average Bonchev–Trinajstić information content (AvgIpc) is 2.88. The first-order valence-electron chi connectivity index (χ1n) is 8.19. The third-order valence-corrected chi connectivity index (χ3v) is 4.37. The van der Waals surface area contributed by atoms with Crippen molar-refractivity contribution >= 4 is 11.6 Å². The van der Waals surface area contributed by atoms with Crippen LogP contribution < -0.4 is 9.64 Å². The van der Waals surface area contributed by atoms with Gasteiger partial charge in [-0.1, -0.05) is 50.2 Å². The van der Waals surface area contributed by atoms with E-state index in [-0.39, 0.29) is 18.6 Å². The molecule has 120 valence electrons. The molecule has 0 fully saturated rings. The van der Waals surface area contributed by atoms with Crippen molar-refractivity contribution in [3.63, 3.8) is 0 Å². The van der Waals surface area contributed by atoms with Gasteiger partial charge in [-0.25, -0.2) is 0 Å². The van der Waals surface area contributed by atoms with E-state index in [0.717, 1.165) is 23.4 Å². The minimum Gasteiger partial charge on any atom is -0.483 e. The van der Waals surface area contributed by atoms with E-state index in [1.54, 1.807) is 0 Å². The molecular formula is C20H23NO2. The number of ether oxygens (including phenoxy) is 1. The molecule has 0 aromatic heterocycles. The van der Waals surface area contributed by atoms with E-state index in [0.29, 0.717) is 5.92 Å². The average molecular weight is 309 g/mol. The minimum atomic E-state index is 0.0148. The number of carbonyl (C=O) groups excluding carboxylic acids is 1. The fourth-order valence-corrected chi connectivity index (χ4v) is 3.24. The molecule has 0 bridgehead atoms. The Kier molecular flexibility index (Phi) is 4.37. The Bertz CT molecular complexity index is 708. The topological polar surface area (TPSA) is 29.5 Å². The van der Waals surface area contributed by atoms with Gasteiger partial charge in [-0.2, -0.15) is 0 Å². The Morgan fingerprint density at radius 3 is 2.65 bits per heavy atom. The highest BCUT2D eigenvalue weighted by atomic mass is 16.5. The molecule has 1 aliphatic rings.